The van der Waals surface area contributed by atoms with Crippen molar-refractivity contribution >= 4 is 24.5 Å². The molecule has 0 unspecified atom stereocenters. The number of hydrogen-bond donors (Lipinski definition) is 5. The van der Waals surface area contributed by atoms with Crippen molar-refractivity contribution in [2.75, 3.05) is 5.75 Å². The van der Waals surface area contributed by atoms with Crippen LogP contribution in [0.2, 0.25) is 0 Å². The van der Waals surface area contributed by atoms with Crippen LogP contribution in [-0.4, -0.2) is 39.9 Å². The minimum Gasteiger partial charge on any atom is -0.508 e. The van der Waals surface area contributed by atoms with Crippen LogP contribution in [0.1, 0.15) is 5.56 Å². The van der Waals surface area contributed by atoms with Crippen molar-refractivity contribution in [1.82, 2.24) is 5.32 Å². The molecule has 0 saturated carbocycles. The number of nitrogens with one attached hydrogen (secondary N) is 1. The Morgan fingerprint density at radius 3 is 2.37 bits per heavy atom. The first-order chi connectivity index (χ1) is 8.93. The second-order valence-corrected chi connectivity index (χ2v) is 4.42. The van der Waals surface area contributed by atoms with Crippen LogP contribution in [0.4, 0.5) is 0 Å². The molecule has 19 heavy (non-hydrogen) atoms. The van der Waals surface area contributed by atoms with Gasteiger partial charge in [-0.3, -0.25) is 4.79 Å². The van der Waals surface area contributed by atoms with Crippen molar-refractivity contribution in [3.63, 3.8) is 0 Å². The molecule has 0 aliphatic carbocycles. The summed E-state index contributed by atoms with van der Waals surface area (Å²) in [5.41, 5.74) is 6.47. The number of carbonyl (C=O) groups is 2. The molecule has 0 fully saturated rings. The van der Waals surface area contributed by atoms with E-state index in [0.29, 0.717) is 0 Å². The monoisotopic (exact) mass is 284 g/mol. The van der Waals surface area contributed by atoms with Crippen molar-refractivity contribution < 1.29 is 19.8 Å². The maximum atomic E-state index is 11.7. The van der Waals surface area contributed by atoms with Crippen molar-refractivity contribution in [3.8, 4) is 5.75 Å². The van der Waals surface area contributed by atoms with Crippen LogP contribution in [0.15, 0.2) is 24.3 Å². The second-order valence-electron chi connectivity index (χ2n) is 4.06. The van der Waals surface area contributed by atoms with Crippen LogP contribution in [0.25, 0.3) is 0 Å². The van der Waals surface area contributed by atoms with Gasteiger partial charge in [0.15, 0.2) is 0 Å². The molecule has 0 aliphatic rings. The van der Waals surface area contributed by atoms with E-state index in [2.05, 4.69) is 17.9 Å². The van der Waals surface area contributed by atoms with E-state index in [1.807, 2.05) is 0 Å². The fraction of sp³-hybridized carbons (Fsp3) is 0.333. The maximum Gasteiger partial charge on any atom is 0.327 e. The van der Waals surface area contributed by atoms with Gasteiger partial charge in [-0.05, 0) is 24.1 Å². The zero-order valence-corrected chi connectivity index (χ0v) is 11.0. The van der Waals surface area contributed by atoms with Crippen molar-refractivity contribution in [3.05, 3.63) is 29.8 Å². The summed E-state index contributed by atoms with van der Waals surface area (Å²) in [6.07, 6.45) is 0.255. The van der Waals surface area contributed by atoms with Crippen LogP contribution >= 0.6 is 12.6 Å². The SMILES string of the molecule is N[C@@H](Cc1ccc(O)cc1)C(=O)N[C@@H](CS)C(=O)O. The van der Waals surface area contributed by atoms with Gasteiger partial charge in [0.05, 0.1) is 6.04 Å². The molecule has 1 aromatic rings. The van der Waals surface area contributed by atoms with Crippen LogP contribution in [0.5, 0.6) is 5.75 Å². The largest absolute Gasteiger partial charge is 0.508 e. The molecule has 6 nitrogen and oxygen atoms in total. The zero-order valence-electron chi connectivity index (χ0n) is 10.1. The van der Waals surface area contributed by atoms with E-state index in [4.69, 9.17) is 15.9 Å². The molecule has 0 saturated heterocycles. The van der Waals surface area contributed by atoms with E-state index >= 15 is 0 Å². The average Bonchev–Trinajstić information content (AvgIpc) is 2.37. The highest BCUT2D eigenvalue weighted by Crippen LogP contribution is 2.10. The van der Waals surface area contributed by atoms with E-state index in [1.165, 1.54) is 12.1 Å². The van der Waals surface area contributed by atoms with Gasteiger partial charge >= 0.3 is 5.97 Å². The molecule has 7 heteroatoms. The summed E-state index contributed by atoms with van der Waals surface area (Å²) in [6.45, 7) is 0. The molecule has 0 bridgehead atoms. The Labute approximate surface area is 116 Å². The number of benzene rings is 1. The number of phenolic OH excluding ortho intramolecular Hbond substituents is 1. The number of rotatable bonds is 6. The lowest BCUT2D eigenvalue weighted by Gasteiger charge is -2.16. The first-order valence-electron chi connectivity index (χ1n) is 5.61. The molecule has 1 amide bonds. The van der Waals surface area contributed by atoms with Crippen LogP contribution in [-0.2, 0) is 16.0 Å². The molecule has 0 spiro atoms. The first-order valence-corrected chi connectivity index (χ1v) is 6.24. The van der Waals surface area contributed by atoms with Gasteiger partial charge in [0.2, 0.25) is 5.91 Å². The normalized spacial score (nSPS) is 13.6. The van der Waals surface area contributed by atoms with Crippen molar-refractivity contribution in [2.45, 2.75) is 18.5 Å². The lowest BCUT2D eigenvalue weighted by molar-refractivity contribution is -0.141. The molecule has 2 atom stereocenters. The van der Waals surface area contributed by atoms with Crippen LogP contribution in [0, 0.1) is 0 Å². The Morgan fingerprint density at radius 2 is 1.89 bits per heavy atom. The van der Waals surface area contributed by atoms with Gasteiger partial charge in [0, 0.05) is 5.75 Å². The van der Waals surface area contributed by atoms with E-state index in [9.17, 15) is 9.59 Å². The Bertz CT molecular complexity index is 450. The number of thiol groups is 1. The summed E-state index contributed by atoms with van der Waals surface area (Å²) in [4.78, 5) is 22.5. The van der Waals surface area contributed by atoms with Gasteiger partial charge in [-0.25, -0.2) is 4.79 Å². The molecule has 1 rings (SSSR count). The molecule has 0 aliphatic heterocycles. The van der Waals surface area contributed by atoms with E-state index in [0.717, 1.165) is 5.56 Å². The predicted molar refractivity (Wildman–Crippen MR) is 73.2 cm³/mol. The summed E-state index contributed by atoms with van der Waals surface area (Å²) >= 11 is 3.84. The summed E-state index contributed by atoms with van der Waals surface area (Å²) in [7, 11) is 0. The molecule has 104 valence electrons. The van der Waals surface area contributed by atoms with E-state index in [1.54, 1.807) is 12.1 Å². The molecule has 1 aromatic carbocycles. The Kier molecular flexibility index (Phi) is 5.65. The summed E-state index contributed by atoms with van der Waals surface area (Å²) in [5, 5.41) is 20.2. The quantitative estimate of drug-likeness (QED) is 0.463. The molecule has 0 heterocycles. The minimum absolute atomic E-state index is 0.00694. The molecule has 5 N–H and O–H groups in total. The molecular formula is C12H16N2O4S. The van der Waals surface area contributed by atoms with Gasteiger partial charge in [-0.2, -0.15) is 12.6 Å². The Balaban J connectivity index is 2.57. The number of nitrogens with two attached hydrogens (primary N) is 1. The third-order valence-electron chi connectivity index (χ3n) is 2.53. The van der Waals surface area contributed by atoms with E-state index in [-0.39, 0.29) is 17.9 Å². The van der Waals surface area contributed by atoms with Crippen molar-refractivity contribution in [2.24, 2.45) is 5.73 Å². The molecule has 0 radical (unpaired) electrons. The number of aliphatic carboxylic acids is 1. The lowest BCUT2D eigenvalue weighted by Crippen LogP contribution is -2.50. The van der Waals surface area contributed by atoms with Crippen molar-refractivity contribution in [1.29, 1.82) is 0 Å². The zero-order chi connectivity index (χ0) is 14.4. The standard InChI is InChI=1S/C12H16N2O4S/c13-9(5-7-1-3-8(15)4-2-7)11(16)14-10(6-19)12(17)18/h1-4,9-10,15,19H,5-6,13H2,(H,14,16)(H,17,18)/t9-,10-/m0/s1. The number of carboxylic acid groups (broad SMARTS) is 1. The second kappa shape index (κ2) is 7.01. The number of phenols is 1. The van der Waals surface area contributed by atoms with Crippen LogP contribution in [0.3, 0.4) is 0 Å². The Hall–Kier alpha value is -1.73. The summed E-state index contributed by atoms with van der Waals surface area (Å²) in [6, 6.07) is 4.38. The summed E-state index contributed by atoms with van der Waals surface area (Å²) < 4.78 is 0. The molecule has 0 aromatic heterocycles. The lowest BCUT2D eigenvalue weighted by atomic mass is 10.1. The summed E-state index contributed by atoms with van der Waals surface area (Å²) in [5.74, 6) is -1.58. The third kappa shape index (κ3) is 4.80. The fourth-order valence-corrected chi connectivity index (χ4v) is 1.69. The number of aromatic hydroxyl groups is 1. The maximum absolute atomic E-state index is 11.7. The number of carbonyl (C=O) groups excluding carboxylic acids is 1. The third-order valence-corrected chi connectivity index (χ3v) is 2.89. The first kappa shape index (κ1) is 15.3. The highest BCUT2D eigenvalue weighted by molar-refractivity contribution is 7.80. The van der Waals surface area contributed by atoms with Gasteiger partial charge in [-0.1, -0.05) is 12.1 Å². The smallest absolute Gasteiger partial charge is 0.327 e. The van der Waals surface area contributed by atoms with E-state index < -0.39 is 24.0 Å². The average molecular weight is 284 g/mol. The topological polar surface area (TPSA) is 113 Å². The Morgan fingerprint density at radius 1 is 1.32 bits per heavy atom. The fourth-order valence-electron chi connectivity index (χ4n) is 1.44. The van der Waals surface area contributed by atoms with Gasteiger partial charge in [0.1, 0.15) is 11.8 Å². The van der Waals surface area contributed by atoms with Gasteiger partial charge in [0.25, 0.3) is 0 Å². The highest BCUT2D eigenvalue weighted by atomic mass is 32.1. The van der Waals surface area contributed by atoms with Gasteiger partial charge in [-0.15, -0.1) is 0 Å². The molecular weight excluding hydrogens is 268 g/mol. The number of amides is 1. The van der Waals surface area contributed by atoms with Crippen LogP contribution < -0.4 is 11.1 Å². The minimum atomic E-state index is -1.15. The van der Waals surface area contributed by atoms with Gasteiger partial charge < -0.3 is 21.3 Å². The number of hydrogen-bond acceptors (Lipinski definition) is 5. The highest BCUT2D eigenvalue weighted by Gasteiger charge is 2.22. The predicted octanol–water partition coefficient (Wildman–Crippen LogP) is -0.239. The number of carboxylic acids is 1.